The van der Waals surface area contributed by atoms with Gasteiger partial charge in [0.1, 0.15) is 16.6 Å². The molecule has 54 heavy (non-hydrogen) atoms. The second-order valence-corrected chi connectivity index (χ2v) is 13.3. The summed E-state index contributed by atoms with van der Waals surface area (Å²) in [5, 5.41) is 4.51. The van der Waals surface area contributed by atoms with Crippen molar-refractivity contribution in [1.82, 2.24) is 15.0 Å². The fraction of sp³-hybridized carbons (Fsp3) is 0. The zero-order valence-corrected chi connectivity index (χ0v) is 28.7. The average molecular weight is 697 g/mol. The Morgan fingerprint density at radius 2 is 0.667 bits per heavy atom. The van der Waals surface area contributed by atoms with E-state index in [2.05, 4.69) is 114 Å². The van der Waals surface area contributed by atoms with Gasteiger partial charge in [0.05, 0.1) is 0 Å². The van der Waals surface area contributed by atoms with Crippen LogP contribution in [0.5, 0.6) is 0 Å². The molecule has 0 aliphatic heterocycles. The highest BCUT2D eigenvalue weighted by Crippen LogP contribution is 2.39. The SMILES string of the molecule is c1ccc2cc3oc(-c4ccc(N(c5ccc(-c6nc7ccccc7o6)cc5)c5ccc(-c6nc7cc8ccccc8cc7o6)cc5)cc4)nc3cc2c1. The van der Waals surface area contributed by atoms with Crippen LogP contribution in [0.25, 0.3) is 89.2 Å². The van der Waals surface area contributed by atoms with Crippen LogP contribution in [0.4, 0.5) is 17.1 Å². The van der Waals surface area contributed by atoms with Crippen molar-refractivity contribution in [2.24, 2.45) is 0 Å². The molecule has 0 saturated carbocycles. The maximum absolute atomic E-state index is 6.25. The lowest BCUT2D eigenvalue weighted by Gasteiger charge is -2.26. The summed E-state index contributed by atoms with van der Waals surface area (Å²) in [6.45, 7) is 0. The molecular weight excluding hydrogens is 669 g/mol. The summed E-state index contributed by atoms with van der Waals surface area (Å²) >= 11 is 0. The first-order chi connectivity index (χ1) is 26.7. The van der Waals surface area contributed by atoms with Crippen LogP contribution in [0.15, 0.2) is 183 Å². The van der Waals surface area contributed by atoms with Crippen molar-refractivity contribution in [2.75, 3.05) is 4.90 Å². The lowest BCUT2D eigenvalue weighted by atomic mass is 10.1. The molecule has 0 radical (unpaired) electrons. The molecule has 254 valence electrons. The molecule has 3 aromatic heterocycles. The minimum Gasteiger partial charge on any atom is -0.436 e. The van der Waals surface area contributed by atoms with Crippen molar-refractivity contribution in [3.8, 4) is 34.4 Å². The van der Waals surface area contributed by atoms with Crippen LogP contribution in [0.3, 0.4) is 0 Å². The van der Waals surface area contributed by atoms with Crippen LogP contribution in [0.1, 0.15) is 0 Å². The predicted molar refractivity (Wildman–Crippen MR) is 215 cm³/mol. The first-order valence-corrected chi connectivity index (χ1v) is 17.7. The molecule has 3 heterocycles. The monoisotopic (exact) mass is 696 g/mol. The molecule has 0 N–H and O–H groups in total. The van der Waals surface area contributed by atoms with Crippen molar-refractivity contribution < 1.29 is 13.3 Å². The molecule has 0 aliphatic rings. The van der Waals surface area contributed by atoms with E-state index in [0.717, 1.165) is 88.6 Å². The minimum atomic E-state index is 0.580. The Morgan fingerprint density at radius 3 is 1.09 bits per heavy atom. The van der Waals surface area contributed by atoms with E-state index in [9.17, 15) is 0 Å². The number of hydrogen-bond donors (Lipinski definition) is 0. The zero-order chi connectivity index (χ0) is 35.6. The topological polar surface area (TPSA) is 81.3 Å². The van der Waals surface area contributed by atoms with Crippen molar-refractivity contribution >= 4 is 71.9 Å². The molecular formula is C47H28N4O3. The Kier molecular flexibility index (Phi) is 6.72. The summed E-state index contributed by atoms with van der Waals surface area (Å²) < 4.78 is 18.6. The molecule has 0 spiro atoms. The standard InChI is InChI=1S/C47H28N4O3/c1-3-9-34-27-43-40(25-32(34)7-1)49-46(53-43)30-15-21-37(22-16-30)51(36-19-13-29(14-20-36)45-48-39-11-5-6-12-42(39)52-45)38-23-17-31(18-24-38)47-50-41-26-33-8-2-4-10-35(33)28-44(41)54-47/h1-28H. The maximum Gasteiger partial charge on any atom is 0.227 e. The van der Waals surface area contributed by atoms with Crippen LogP contribution >= 0.6 is 0 Å². The van der Waals surface area contributed by atoms with Crippen molar-refractivity contribution in [3.63, 3.8) is 0 Å². The van der Waals surface area contributed by atoms with Gasteiger partial charge in [-0.2, -0.15) is 0 Å². The first-order valence-electron chi connectivity index (χ1n) is 17.7. The minimum absolute atomic E-state index is 0.580. The molecule has 0 saturated heterocycles. The van der Waals surface area contributed by atoms with E-state index in [0.29, 0.717) is 17.7 Å². The molecule has 0 atom stereocenters. The van der Waals surface area contributed by atoms with E-state index >= 15 is 0 Å². The van der Waals surface area contributed by atoms with Gasteiger partial charge >= 0.3 is 0 Å². The highest BCUT2D eigenvalue weighted by Gasteiger charge is 2.17. The Labute approximate surface area is 308 Å². The first kappa shape index (κ1) is 30.1. The van der Waals surface area contributed by atoms with Gasteiger partial charge < -0.3 is 18.2 Å². The Bertz CT molecular complexity index is 2860. The third-order valence-corrected chi connectivity index (χ3v) is 9.92. The van der Waals surface area contributed by atoms with Crippen LogP contribution < -0.4 is 4.90 Å². The van der Waals surface area contributed by atoms with Crippen molar-refractivity contribution in [2.45, 2.75) is 0 Å². The molecule has 8 aromatic carbocycles. The smallest absolute Gasteiger partial charge is 0.227 e. The fourth-order valence-electron chi connectivity index (χ4n) is 7.17. The largest absolute Gasteiger partial charge is 0.436 e. The summed E-state index contributed by atoms with van der Waals surface area (Å²) in [4.78, 5) is 16.6. The van der Waals surface area contributed by atoms with Crippen LogP contribution in [0, 0.1) is 0 Å². The van der Waals surface area contributed by atoms with E-state index in [-0.39, 0.29) is 0 Å². The van der Waals surface area contributed by atoms with Gasteiger partial charge in [-0.05, 0) is 131 Å². The number of para-hydroxylation sites is 2. The van der Waals surface area contributed by atoms with Gasteiger partial charge in [0.15, 0.2) is 16.7 Å². The van der Waals surface area contributed by atoms with Gasteiger partial charge in [0.2, 0.25) is 17.7 Å². The molecule has 7 heteroatoms. The number of benzene rings is 8. The number of fused-ring (bicyclic) bond motifs is 5. The molecule has 0 amide bonds. The van der Waals surface area contributed by atoms with Crippen molar-refractivity contribution in [3.05, 3.63) is 170 Å². The van der Waals surface area contributed by atoms with Gasteiger partial charge in [-0.1, -0.05) is 60.7 Å². The molecule has 0 fully saturated rings. The van der Waals surface area contributed by atoms with Crippen LogP contribution in [-0.2, 0) is 0 Å². The highest BCUT2D eigenvalue weighted by molar-refractivity contribution is 5.96. The van der Waals surface area contributed by atoms with Gasteiger partial charge in [-0.15, -0.1) is 0 Å². The average Bonchev–Trinajstić information content (AvgIpc) is 3.97. The normalized spacial score (nSPS) is 11.7. The molecule has 11 rings (SSSR count). The maximum atomic E-state index is 6.25. The van der Waals surface area contributed by atoms with Gasteiger partial charge in [0.25, 0.3) is 0 Å². The second kappa shape index (κ2) is 12.0. The summed E-state index contributed by atoms with van der Waals surface area (Å²) in [6, 6.07) is 57.4. The van der Waals surface area contributed by atoms with E-state index in [1.807, 2.05) is 60.7 Å². The van der Waals surface area contributed by atoms with Gasteiger partial charge in [0, 0.05) is 33.8 Å². The molecule has 0 aliphatic carbocycles. The molecule has 0 bridgehead atoms. The predicted octanol–water partition coefficient (Wildman–Crippen LogP) is 12.9. The quantitative estimate of drug-likeness (QED) is 0.171. The van der Waals surface area contributed by atoms with E-state index in [1.165, 1.54) is 0 Å². The zero-order valence-electron chi connectivity index (χ0n) is 28.7. The highest BCUT2D eigenvalue weighted by atomic mass is 16.4. The van der Waals surface area contributed by atoms with Crippen LogP contribution in [0.2, 0.25) is 0 Å². The third kappa shape index (κ3) is 5.18. The van der Waals surface area contributed by atoms with E-state index in [4.69, 9.17) is 28.2 Å². The van der Waals surface area contributed by atoms with Crippen molar-refractivity contribution in [1.29, 1.82) is 0 Å². The van der Waals surface area contributed by atoms with E-state index in [1.54, 1.807) is 0 Å². The Hall–Kier alpha value is -7.51. The molecule has 7 nitrogen and oxygen atoms in total. The summed E-state index contributed by atoms with van der Waals surface area (Å²) in [7, 11) is 0. The second-order valence-electron chi connectivity index (χ2n) is 13.3. The lowest BCUT2D eigenvalue weighted by Crippen LogP contribution is -2.09. The number of oxazole rings is 3. The molecule has 0 unspecified atom stereocenters. The number of anilines is 3. The Balaban J connectivity index is 0.961. The van der Waals surface area contributed by atoms with Crippen LogP contribution in [-0.4, -0.2) is 15.0 Å². The lowest BCUT2D eigenvalue weighted by molar-refractivity contribution is 0.619. The number of hydrogen-bond acceptors (Lipinski definition) is 7. The number of aromatic nitrogens is 3. The summed E-state index contributed by atoms with van der Waals surface area (Å²) in [6.07, 6.45) is 0. The third-order valence-electron chi connectivity index (χ3n) is 9.92. The molecule has 11 aromatic rings. The van der Waals surface area contributed by atoms with Gasteiger partial charge in [-0.25, -0.2) is 15.0 Å². The summed E-state index contributed by atoms with van der Waals surface area (Å²) in [5.74, 6) is 1.74. The number of nitrogens with zero attached hydrogens (tertiary/aromatic N) is 4. The number of rotatable bonds is 6. The fourth-order valence-corrected chi connectivity index (χ4v) is 7.17. The van der Waals surface area contributed by atoms with Gasteiger partial charge in [-0.3, -0.25) is 0 Å². The summed E-state index contributed by atoms with van der Waals surface area (Å²) in [5.41, 5.74) is 10.4. The Morgan fingerprint density at radius 1 is 0.315 bits per heavy atom. The van der Waals surface area contributed by atoms with E-state index < -0.39 is 0 Å².